The van der Waals surface area contributed by atoms with Gasteiger partial charge in [-0.05, 0) is 12.1 Å². The van der Waals surface area contributed by atoms with Gasteiger partial charge in [0, 0.05) is 24.5 Å². The zero-order chi connectivity index (χ0) is 13.8. The molecule has 1 aromatic carbocycles. The van der Waals surface area contributed by atoms with Gasteiger partial charge in [0.1, 0.15) is 12.3 Å². The monoisotopic (exact) mass is 262 g/mol. The lowest BCUT2D eigenvalue weighted by Crippen LogP contribution is -2.19. The first-order valence-corrected chi connectivity index (χ1v) is 5.31. The molecule has 2 aromatic rings. The molecule has 19 heavy (non-hydrogen) atoms. The molecule has 0 unspecified atom stereocenters. The number of phenolic OH excluding ortho intramolecular Hbond substituents is 1. The molecule has 0 saturated carbocycles. The molecule has 0 spiro atoms. The first kappa shape index (κ1) is 12.6. The van der Waals surface area contributed by atoms with Gasteiger partial charge in [0.15, 0.2) is 0 Å². The predicted octanol–water partition coefficient (Wildman–Crippen LogP) is 1.14. The molecule has 0 aliphatic carbocycles. The number of nitro benzene ring substituents is 1. The number of nitrogens with zero attached hydrogens (tertiary/aromatic N) is 3. The van der Waals surface area contributed by atoms with Crippen molar-refractivity contribution in [3.05, 3.63) is 46.8 Å². The van der Waals surface area contributed by atoms with Crippen molar-refractivity contribution in [3.63, 3.8) is 0 Å². The van der Waals surface area contributed by atoms with Crippen LogP contribution >= 0.6 is 0 Å². The highest BCUT2D eigenvalue weighted by Gasteiger charge is 2.12. The number of nitro groups is 1. The van der Waals surface area contributed by atoms with Crippen LogP contribution in [0, 0.1) is 10.1 Å². The number of carbonyl (C=O) groups excluding carboxylic acids is 1. The molecule has 98 valence electrons. The van der Waals surface area contributed by atoms with Crippen molar-refractivity contribution < 1.29 is 14.8 Å². The Morgan fingerprint density at radius 3 is 2.95 bits per heavy atom. The van der Waals surface area contributed by atoms with Crippen molar-refractivity contribution in [3.8, 4) is 5.75 Å². The average molecular weight is 262 g/mol. The van der Waals surface area contributed by atoms with E-state index >= 15 is 0 Å². The summed E-state index contributed by atoms with van der Waals surface area (Å²) < 4.78 is 1.39. The molecule has 0 radical (unpaired) electrons. The molecule has 0 aliphatic heterocycles. The summed E-state index contributed by atoms with van der Waals surface area (Å²) in [6.45, 7) is -0.0465. The summed E-state index contributed by atoms with van der Waals surface area (Å²) in [6, 6.07) is 5.06. The Labute approximate surface area is 107 Å². The van der Waals surface area contributed by atoms with Gasteiger partial charge in [0.25, 0.3) is 5.69 Å². The third-order valence-corrected chi connectivity index (χ3v) is 2.33. The van der Waals surface area contributed by atoms with Gasteiger partial charge in [-0.25, -0.2) is 0 Å². The van der Waals surface area contributed by atoms with E-state index in [2.05, 4.69) is 10.4 Å². The van der Waals surface area contributed by atoms with Crippen molar-refractivity contribution in [1.82, 2.24) is 9.78 Å². The van der Waals surface area contributed by atoms with Crippen LogP contribution in [0.25, 0.3) is 0 Å². The number of non-ortho nitro benzene ring substituents is 1. The molecular formula is C11H10N4O4. The highest BCUT2D eigenvalue weighted by molar-refractivity contribution is 5.92. The first-order valence-electron chi connectivity index (χ1n) is 5.31. The van der Waals surface area contributed by atoms with E-state index < -0.39 is 10.8 Å². The molecule has 8 nitrogen and oxygen atoms in total. The van der Waals surface area contributed by atoms with Crippen LogP contribution in [0.5, 0.6) is 5.75 Å². The maximum Gasteiger partial charge on any atom is 0.271 e. The van der Waals surface area contributed by atoms with Crippen LogP contribution in [-0.2, 0) is 11.3 Å². The fourth-order valence-electron chi connectivity index (χ4n) is 1.47. The fourth-order valence-corrected chi connectivity index (χ4v) is 1.47. The highest BCUT2D eigenvalue weighted by atomic mass is 16.6. The molecule has 1 heterocycles. The summed E-state index contributed by atoms with van der Waals surface area (Å²) in [5.74, 6) is -0.682. The van der Waals surface area contributed by atoms with Gasteiger partial charge < -0.3 is 10.4 Å². The van der Waals surface area contributed by atoms with Gasteiger partial charge >= 0.3 is 0 Å². The third-order valence-electron chi connectivity index (χ3n) is 2.33. The van der Waals surface area contributed by atoms with Gasteiger partial charge in [0.2, 0.25) is 5.91 Å². The molecular weight excluding hydrogens is 252 g/mol. The number of amides is 1. The molecule has 0 atom stereocenters. The van der Waals surface area contributed by atoms with E-state index in [1.807, 2.05) is 0 Å². The van der Waals surface area contributed by atoms with E-state index in [9.17, 15) is 20.0 Å². The number of benzene rings is 1. The summed E-state index contributed by atoms with van der Waals surface area (Å²) in [4.78, 5) is 21.7. The van der Waals surface area contributed by atoms with Crippen LogP contribution in [0.1, 0.15) is 0 Å². The summed E-state index contributed by atoms with van der Waals surface area (Å²) in [6.07, 6.45) is 3.13. The van der Waals surface area contributed by atoms with Gasteiger partial charge in [-0.3, -0.25) is 19.6 Å². The SMILES string of the molecule is O=C(Cn1cccn1)Nc1cc([N+](=O)[O-])ccc1O. The lowest BCUT2D eigenvalue weighted by Gasteiger charge is -2.07. The lowest BCUT2D eigenvalue weighted by molar-refractivity contribution is -0.384. The third kappa shape index (κ3) is 3.06. The molecule has 2 rings (SSSR count). The van der Waals surface area contributed by atoms with Crippen LogP contribution < -0.4 is 5.32 Å². The number of hydrogen-bond donors (Lipinski definition) is 2. The minimum absolute atomic E-state index is 0.00800. The van der Waals surface area contributed by atoms with E-state index in [1.54, 1.807) is 12.3 Å². The van der Waals surface area contributed by atoms with Crippen molar-refractivity contribution in [1.29, 1.82) is 0 Å². The number of hydrogen-bond acceptors (Lipinski definition) is 5. The standard InChI is InChI=1S/C11H10N4O4/c16-10-3-2-8(15(18)19)6-9(10)13-11(17)7-14-5-1-4-12-14/h1-6,16H,7H2,(H,13,17). The zero-order valence-corrected chi connectivity index (χ0v) is 9.68. The first-order chi connectivity index (χ1) is 9.06. The number of anilines is 1. The summed E-state index contributed by atoms with van der Waals surface area (Å²) in [7, 11) is 0. The zero-order valence-electron chi connectivity index (χ0n) is 9.68. The number of carbonyl (C=O) groups is 1. The second-order valence-electron chi connectivity index (χ2n) is 3.71. The number of aromatic hydroxyl groups is 1. The van der Waals surface area contributed by atoms with Crippen molar-refractivity contribution >= 4 is 17.3 Å². The fraction of sp³-hybridized carbons (Fsp3) is 0.0909. The van der Waals surface area contributed by atoms with Crippen LogP contribution in [0.2, 0.25) is 0 Å². The minimum Gasteiger partial charge on any atom is -0.506 e. The summed E-state index contributed by atoms with van der Waals surface area (Å²) in [5.41, 5.74) is -0.224. The van der Waals surface area contributed by atoms with Crippen molar-refractivity contribution in [2.24, 2.45) is 0 Å². The Morgan fingerprint density at radius 2 is 2.32 bits per heavy atom. The second-order valence-corrected chi connectivity index (χ2v) is 3.71. The number of phenols is 1. The molecule has 0 fully saturated rings. The van der Waals surface area contributed by atoms with E-state index in [0.717, 1.165) is 18.2 Å². The van der Waals surface area contributed by atoms with E-state index in [-0.39, 0.29) is 23.7 Å². The van der Waals surface area contributed by atoms with Crippen LogP contribution in [0.4, 0.5) is 11.4 Å². The van der Waals surface area contributed by atoms with Crippen LogP contribution in [0.3, 0.4) is 0 Å². The summed E-state index contributed by atoms with van der Waals surface area (Å²) in [5, 5.41) is 26.4. The predicted molar refractivity (Wildman–Crippen MR) is 65.6 cm³/mol. The molecule has 1 aromatic heterocycles. The largest absolute Gasteiger partial charge is 0.506 e. The number of rotatable bonds is 4. The van der Waals surface area contributed by atoms with Gasteiger partial charge in [-0.1, -0.05) is 0 Å². The molecule has 0 saturated heterocycles. The van der Waals surface area contributed by atoms with E-state index in [0.29, 0.717) is 0 Å². The topological polar surface area (TPSA) is 110 Å². The molecule has 2 N–H and O–H groups in total. The molecule has 0 aliphatic rings. The Morgan fingerprint density at radius 1 is 1.53 bits per heavy atom. The Hall–Kier alpha value is -2.90. The maximum atomic E-state index is 11.7. The highest BCUT2D eigenvalue weighted by Crippen LogP contribution is 2.27. The van der Waals surface area contributed by atoms with E-state index in [4.69, 9.17) is 0 Å². The number of aromatic nitrogens is 2. The van der Waals surface area contributed by atoms with Crippen molar-refractivity contribution in [2.75, 3.05) is 5.32 Å². The Bertz CT molecular complexity index is 609. The molecule has 0 bridgehead atoms. The second kappa shape index (κ2) is 5.17. The Balaban J connectivity index is 2.11. The average Bonchev–Trinajstić information content (AvgIpc) is 2.84. The van der Waals surface area contributed by atoms with Crippen LogP contribution in [-0.4, -0.2) is 25.7 Å². The van der Waals surface area contributed by atoms with Crippen molar-refractivity contribution in [2.45, 2.75) is 6.54 Å². The van der Waals surface area contributed by atoms with Gasteiger partial charge in [0.05, 0.1) is 10.6 Å². The lowest BCUT2D eigenvalue weighted by atomic mass is 10.2. The minimum atomic E-state index is -0.609. The van der Waals surface area contributed by atoms with Crippen LogP contribution in [0.15, 0.2) is 36.7 Å². The van der Waals surface area contributed by atoms with Gasteiger partial charge in [-0.15, -0.1) is 0 Å². The molecule has 1 amide bonds. The number of nitrogens with one attached hydrogen (secondary N) is 1. The van der Waals surface area contributed by atoms with E-state index in [1.165, 1.54) is 10.9 Å². The molecule has 8 heteroatoms. The normalized spacial score (nSPS) is 10.1. The maximum absolute atomic E-state index is 11.7. The quantitative estimate of drug-likeness (QED) is 0.487. The smallest absolute Gasteiger partial charge is 0.271 e. The van der Waals surface area contributed by atoms with Gasteiger partial charge in [-0.2, -0.15) is 5.10 Å². The summed E-state index contributed by atoms with van der Waals surface area (Å²) >= 11 is 0. The Kier molecular flexibility index (Phi) is 3.42.